The second-order valence-electron chi connectivity index (χ2n) is 3.52. The summed E-state index contributed by atoms with van der Waals surface area (Å²) < 4.78 is 10.5. The van der Waals surface area contributed by atoms with Crippen molar-refractivity contribution in [1.29, 1.82) is 0 Å². The number of hydrogen-bond donors (Lipinski definition) is 1. The van der Waals surface area contributed by atoms with Crippen LogP contribution in [-0.4, -0.2) is 31.5 Å². The zero-order valence-electron chi connectivity index (χ0n) is 9.76. The van der Waals surface area contributed by atoms with Crippen LogP contribution in [-0.2, 0) is 9.47 Å². The SMILES string of the molecule is CCOCCOCCC(O)c1ccccc1. The number of benzene rings is 1. The van der Waals surface area contributed by atoms with E-state index >= 15 is 0 Å². The highest BCUT2D eigenvalue weighted by molar-refractivity contribution is 5.16. The van der Waals surface area contributed by atoms with Gasteiger partial charge in [0.2, 0.25) is 0 Å². The van der Waals surface area contributed by atoms with Crippen LogP contribution >= 0.6 is 0 Å². The van der Waals surface area contributed by atoms with Crippen molar-refractivity contribution in [2.75, 3.05) is 26.4 Å². The monoisotopic (exact) mass is 224 g/mol. The molecule has 0 amide bonds. The molecule has 3 heteroatoms. The van der Waals surface area contributed by atoms with E-state index in [1.807, 2.05) is 37.3 Å². The third kappa shape index (κ3) is 5.26. The summed E-state index contributed by atoms with van der Waals surface area (Å²) in [6.45, 7) is 4.45. The summed E-state index contributed by atoms with van der Waals surface area (Å²) in [4.78, 5) is 0. The molecule has 0 aliphatic heterocycles. The van der Waals surface area contributed by atoms with E-state index in [0.29, 0.717) is 26.2 Å². The first kappa shape index (κ1) is 13.2. The Labute approximate surface area is 97.0 Å². The molecule has 16 heavy (non-hydrogen) atoms. The number of aliphatic hydroxyl groups is 1. The van der Waals surface area contributed by atoms with Gasteiger partial charge < -0.3 is 14.6 Å². The molecule has 0 aliphatic carbocycles. The van der Waals surface area contributed by atoms with E-state index in [9.17, 15) is 5.11 Å². The zero-order chi connectivity index (χ0) is 11.6. The number of hydrogen-bond acceptors (Lipinski definition) is 3. The molecule has 1 aromatic rings. The van der Waals surface area contributed by atoms with Crippen LogP contribution in [0.25, 0.3) is 0 Å². The standard InChI is InChI=1S/C13H20O3/c1-2-15-10-11-16-9-8-13(14)12-6-4-3-5-7-12/h3-7,13-14H,2,8-11H2,1H3. The maximum atomic E-state index is 9.81. The van der Waals surface area contributed by atoms with Crippen LogP contribution in [0.4, 0.5) is 0 Å². The Balaban J connectivity index is 2.09. The zero-order valence-corrected chi connectivity index (χ0v) is 9.76. The summed E-state index contributed by atoms with van der Waals surface area (Å²) in [6, 6.07) is 9.63. The molecular formula is C13H20O3. The Morgan fingerprint density at radius 2 is 1.75 bits per heavy atom. The summed E-state index contributed by atoms with van der Waals surface area (Å²) >= 11 is 0. The number of rotatable bonds is 8. The first-order valence-electron chi connectivity index (χ1n) is 5.73. The highest BCUT2D eigenvalue weighted by atomic mass is 16.5. The average molecular weight is 224 g/mol. The van der Waals surface area contributed by atoms with Gasteiger partial charge in [0.15, 0.2) is 0 Å². The van der Waals surface area contributed by atoms with Gasteiger partial charge in [0.05, 0.1) is 19.3 Å². The molecule has 1 rings (SSSR count). The van der Waals surface area contributed by atoms with Crippen LogP contribution in [0, 0.1) is 0 Å². The quantitative estimate of drug-likeness (QED) is 0.688. The van der Waals surface area contributed by atoms with Crippen molar-refractivity contribution in [2.45, 2.75) is 19.4 Å². The van der Waals surface area contributed by atoms with Crippen molar-refractivity contribution in [3.8, 4) is 0 Å². The van der Waals surface area contributed by atoms with Gasteiger partial charge in [0.1, 0.15) is 0 Å². The molecule has 1 atom stereocenters. The molecule has 1 unspecified atom stereocenters. The average Bonchev–Trinajstić information content (AvgIpc) is 2.34. The molecule has 0 fully saturated rings. The molecule has 1 aromatic carbocycles. The predicted octanol–water partition coefficient (Wildman–Crippen LogP) is 2.16. The van der Waals surface area contributed by atoms with Gasteiger partial charge in [-0.3, -0.25) is 0 Å². The Morgan fingerprint density at radius 3 is 2.44 bits per heavy atom. The second-order valence-corrected chi connectivity index (χ2v) is 3.52. The molecule has 0 saturated carbocycles. The van der Waals surface area contributed by atoms with Crippen LogP contribution in [0.1, 0.15) is 25.0 Å². The molecule has 1 N–H and O–H groups in total. The second kappa shape index (κ2) is 8.28. The lowest BCUT2D eigenvalue weighted by atomic mass is 10.1. The Hall–Kier alpha value is -0.900. The Morgan fingerprint density at radius 1 is 1.06 bits per heavy atom. The van der Waals surface area contributed by atoms with Crippen LogP contribution in [0.2, 0.25) is 0 Å². The normalized spacial score (nSPS) is 12.6. The van der Waals surface area contributed by atoms with Crippen molar-refractivity contribution in [2.24, 2.45) is 0 Å². The van der Waals surface area contributed by atoms with Gasteiger partial charge in [-0.15, -0.1) is 0 Å². The summed E-state index contributed by atoms with van der Waals surface area (Å²) in [5.41, 5.74) is 0.941. The van der Waals surface area contributed by atoms with Crippen LogP contribution < -0.4 is 0 Å². The van der Waals surface area contributed by atoms with E-state index in [1.54, 1.807) is 0 Å². The van der Waals surface area contributed by atoms with Crippen molar-refractivity contribution in [3.05, 3.63) is 35.9 Å². The fourth-order valence-corrected chi connectivity index (χ4v) is 1.40. The van der Waals surface area contributed by atoms with Crippen molar-refractivity contribution in [3.63, 3.8) is 0 Å². The Bertz CT molecular complexity index is 261. The van der Waals surface area contributed by atoms with Crippen molar-refractivity contribution >= 4 is 0 Å². The van der Waals surface area contributed by atoms with Crippen molar-refractivity contribution in [1.82, 2.24) is 0 Å². The summed E-state index contributed by atoms with van der Waals surface area (Å²) in [5.74, 6) is 0. The maximum absolute atomic E-state index is 9.81. The van der Waals surface area contributed by atoms with Gasteiger partial charge in [-0.2, -0.15) is 0 Å². The van der Waals surface area contributed by atoms with E-state index < -0.39 is 6.10 Å². The number of ether oxygens (including phenoxy) is 2. The molecule has 0 spiro atoms. The fraction of sp³-hybridized carbons (Fsp3) is 0.538. The third-order valence-corrected chi connectivity index (χ3v) is 2.30. The van der Waals surface area contributed by atoms with Gasteiger partial charge in [0.25, 0.3) is 0 Å². The largest absolute Gasteiger partial charge is 0.388 e. The fourth-order valence-electron chi connectivity index (χ4n) is 1.40. The summed E-state index contributed by atoms with van der Waals surface area (Å²) in [6.07, 6.45) is 0.184. The van der Waals surface area contributed by atoms with Crippen molar-refractivity contribution < 1.29 is 14.6 Å². The minimum atomic E-state index is -0.437. The topological polar surface area (TPSA) is 38.7 Å². The molecule has 0 saturated heterocycles. The Kier molecular flexibility index (Phi) is 6.81. The summed E-state index contributed by atoms with van der Waals surface area (Å²) in [5, 5.41) is 9.81. The minimum Gasteiger partial charge on any atom is -0.388 e. The van der Waals surface area contributed by atoms with E-state index in [1.165, 1.54) is 0 Å². The minimum absolute atomic E-state index is 0.437. The molecule has 0 aliphatic rings. The van der Waals surface area contributed by atoms with Crippen LogP contribution in [0.15, 0.2) is 30.3 Å². The van der Waals surface area contributed by atoms with E-state index in [-0.39, 0.29) is 0 Å². The smallest absolute Gasteiger partial charge is 0.0812 e. The highest BCUT2D eigenvalue weighted by Gasteiger charge is 2.05. The van der Waals surface area contributed by atoms with Crippen LogP contribution in [0.3, 0.4) is 0 Å². The van der Waals surface area contributed by atoms with E-state index in [0.717, 1.165) is 12.2 Å². The molecule has 3 nitrogen and oxygen atoms in total. The van der Waals surface area contributed by atoms with Gasteiger partial charge in [-0.25, -0.2) is 0 Å². The lowest BCUT2D eigenvalue weighted by Gasteiger charge is -2.11. The first-order valence-corrected chi connectivity index (χ1v) is 5.73. The lowest BCUT2D eigenvalue weighted by molar-refractivity contribution is 0.0357. The number of aliphatic hydroxyl groups excluding tert-OH is 1. The van der Waals surface area contributed by atoms with Gasteiger partial charge in [0, 0.05) is 19.6 Å². The maximum Gasteiger partial charge on any atom is 0.0812 e. The molecule has 0 aromatic heterocycles. The molecule has 0 radical (unpaired) electrons. The predicted molar refractivity (Wildman–Crippen MR) is 63.3 cm³/mol. The lowest BCUT2D eigenvalue weighted by Crippen LogP contribution is -2.08. The summed E-state index contributed by atoms with van der Waals surface area (Å²) in [7, 11) is 0. The first-order chi connectivity index (χ1) is 7.84. The molecule has 0 bridgehead atoms. The van der Waals surface area contributed by atoms with E-state index in [2.05, 4.69) is 0 Å². The molecular weight excluding hydrogens is 204 g/mol. The van der Waals surface area contributed by atoms with Gasteiger partial charge in [-0.05, 0) is 12.5 Å². The third-order valence-electron chi connectivity index (χ3n) is 2.30. The van der Waals surface area contributed by atoms with Gasteiger partial charge in [-0.1, -0.05) is 30.3 Å². The van der Waals surface area contributed by atoms with Gasteiger partial charge >= 0.3 is 0 Å². The molecule has 0 heterocycles. The highest BCUT2D eigenvalue weighted by Crippen LogP contribution is 2.15. The van der Waals surface area contributed by atoms with Crippen LogP contribution in [0.5, 0.6) is 0 Å². The molecule has 90 valence electrons. The van der Waals surface area contributed by atoms with E-state index in [4.69, 9.17) is 9.47 Å².